The Bertz CT molecular complexity index is 60.1. The van der Waals surface area contributed by atoms with Gasteiger partial charge in [0.15, 0.2) is 5.96 Å². The lowest BCUT2D eigenvalue weighted by Gasteiger charge is -1.80. The van der Waals surface area contributed by atoms with Crippen molar-refractivity contribution in [2.75, 3.05) is 0 Å². The average molecular weight is 156 g/mol. The first kappa shape index (κ1) is 15.8. The summed E-state index contributed by atoms with van der Waals surface area (Å²) in [5.74, 6) is -0.333. The van der Waals surface area contributed by atoms with Gasteiger partial charge in [0.1, 0.15) is 0 Å². The van der Waals surface area contributed by atoms with Crippen LogP contribution in [0.15, 0.2) is 0 Å². The van der Waals surface area contributed by atoms with Gasteiger partial charge >= 0.3 is 0 Å². The molecular weight excluding hydrogens is 142 g/mol. The Morgan fingerprint density at radius 2 is 1.44 bits per heavy atom. The largest absolute Gasteiger partial charge is 0.394 e. The molecule has 9 heavy (non-hydrogen) atoms. The molecule has 0 amide bonds. The van der Waals surface area contributed by atoms with Crippen LogP contribution in [0.3, 0.4) is 0 Å². The second-order valence-electron chi connectivity index (χ2n) is 1.55. The second-order valence-corrected chi connectivity index (χ2v) is 1.55. The van der Waals surface area contributed by atoms with Crippen LogP contribution in [0.25, 0.3) is 0 Å². The molecule has 0 radical (unpaired) electrons. The number of nitrogens with two attached hydrogens (primary N) is 2. The average Bonchev–Trinajstić information content (AvgIpc) is 1.25. The van der Waals surface area contributed by atoms with Crippen molar-refractivity contribution >= 4 is 18.4 Å². The Kier molecular flexibility index (Phi) is 18.4. The zero-order valence-corrected chi connectivity index (χ0v) is 6.40. The molecule has 0 aromatic rings. The van der Waals surface area contributed by atoms with Crippen molar-refractivity contribution in [3.8, 4) is 0 Å². The van der Waals surface area contributed by atoms with Gasteiger partial charge in [-0.1, -0.05) is 0 Å². The Hall–Kier alpha value is -0.480. The molecule has 0 rings (SSSR count). The summed E-state index contributed by atoms with van der Waals surface area (Å²) >= 11 is 0. The molecule has 0 saturated carbocycles. The molecule has 0 aromatic heterocycles. The van der Waals surface area contributed by atoms with Gasteiger partial charge in [-0.2, -0.15) is 0 Å². The highest BCUT2D eigenvalue weighted by atomic mass is 35.5. The summed E-state index contributed by atoms with van der Waals surface area (Å²) in [5.41, 5.74) is 8.94. The van der Waals surface area contributed by atoms with Crippen molar-refractivity contribution in [2.45, 2.75) is 20.0 Å². The number of nitrogens with one attached hydrogen (secondary N) is 1. The van der Waals surface area contributed by atoms with E-state index in [1.165, 1.54) is 0 Å². The predicted octanol–water partition coefficient (Wildman–Crippen LogP) is -0.353. The standard InChI is InChI=1S/C3H8O.CH5N3.ClH/c1-3(2)4;2-1(3)4;/h3-4H,1-2H3;(H5,2,3,4);1H. The van der Waals surface area contributed by atoms with Gasteiger partial charge in [-0.05, 0) is 13.8 Å². The smallest absolute Gasteiger partial charge is 0.183 e. The number of hydrogen-bond acceptors (Lipinski definition) is 2. The SMILES string of the molecule is CC(C)O.Cl.N=C(N)N. The summed E-state index contributed by atoms with van der Waals surface area (Å²) in [5, 5.41) is 14.1. The highest BCUT2D eigenvalue weighted by molar-refractivity contribution is 5.85. The molecule has 0 aromatic carbocycles. The second kappa shape index (κ2) is 10.5. The van der Waals surface area contributed by atoms with Gasteiger partial charge in [0.05, 0.1) is 0 Å². The molecule has 5 heteroatoms. The lowest BCUT2D eigenvalue weighted by molar-refractivity contribution is 0.216. The van der Waals surface area contributed by atoms with Crippen LogP contribution in [0.2, 0.25) is 0 Å². The van der Waals surface area contributed by atoms with E-state index >= 15 is 0 Å². The first-order chi connectivity index (χ1) is 3.46. The third kappa shape index (κ3) is 995. The van der Waals surface area contributed by atoms with Gasteiger partial charge in [0.2, 0.25) is 0 Å². The molecule has 0 aliphatic carbocycles. The van der Waals surface area contributed by atoms with Crippen molar-refractivity contribution in [3.63, 3.8) is 0 Å². The monoisotopic (exact) mass is 155 g/mol. The van der Waals surface area contributed by atoms with E-state index in [9.17, 15) is 0 Å². The zero-order valence-electron chi connectivity index (χ0n) is 5.59. The van der Waals surface area contributed by atoms with Crippen LogP contribution in [0.4, 0.5) is 0 Å². The third-order valence-corrected chi connectivity index (χ3v) is 0. The Labute approximate surface area is 61.2 Å². The van der Waals surface area contributed by atoms with Gasteiger partial charge in [0, 0.05) is 6.10 Å². The molecule has 58 valence electrons. The molecule has 0 unspecified atom stereocenters. The molecule has 0 spiro atoms. The number of halogens is 1. The summed E-state index contributed by atoms with van der Waals surface area (Å²) in [7, 11) is 0. The third-order valence-electron chi connectivity index (χ3n) is 0. The predicted molar refractivity (Wildman–Crippen MR) is 40.7 cm³/mol. The Balaban J connectivity index is -0.0000000720. The minimum atomic E-state index is -0.333. The maximum absolute atomic E-state index is 8.06. The summed E-state index contributed by atoms with van der Waals surface area (Å²) in [6.07, 6.45) is -0.167. The molecular formula is C4H14ClN3O. The van der Waals surface area contributed by atoms with Crippen molar-refractivity contribution in [3.05, 3.63) is 0 Å². The lowest BCUT2D eigenvalue weighted by Crippen LogP contribution is -2.20. The van der Waals surface area contributed by atoms with E-state index in [4.69, 9.17) is 10.5 Å². The number of aliphatic hydroxyl groups is 1. The molecule has 0 fully saturated rings. The number of guanidine groups is 1. The maximum Gasteiger partial charge on any atom is 0.183 e. The molecule has 0 heterocycles. The molecule has 0 aliphatic heterocycles. The fourth-order valence-corrected chi connectivity index (χ4v) is 0. The summed E-state index contributed by atoms with van der Waals surface area (Å²) < 4.78 is 0. The van der Waals surface area contributed by atoms with E-state index in [0.717, 1.165) is 0 Å². The minimum Gasteiger partial charge on any atom is -0.394 e. The van der Waals surface area contributed by atoms with E-state index in [0.29, 0.717) is 0 Å². The van der Waals surface area contributed by atoms with Gasteiger partial charge in [-0.3, -0.25) is 5.41 Å². The van der Waals surface area contributed by atoms with Crippen LogP contribution in [-0.4, -0.2) is 17.2 Å². The molecule has 4 nitrogen and oxygen atoms in total. The van der Waals surface area contributed by atoms with E-state index in [1.54, 1.807) is 13.8 Å². The van der Waals surface area contributed by atoms with E-state index in [-0.39, 0.29) is 24.5 Å². The molecule has 0 aliphatic rings. The number of rotatable bonds is 0. The van der Waals surface area contributed by atoms with Gasteiger partial charge in [-0.15, -0.1) is 12.4 Å². The van der Waals surface area contributed by atoms with Crippen LogP contribution in [0.5, 0.6) is 0 Å². The van der Waals surface area contributed by atoms with Crippen molar-refractivity contribution < 1.29 is 5.11 Å². The molecule has 6 N–H and O–H groups in total. The lowest BCUT2D eigenvalue weighted by atomic mass is 10.5. The quantitative estimate of drug-likeness (QED) is 0.284. The van der Waals surface area contributed by atoms with Crippen molar-refractivity contribution in [1.29, 1.82) is 5.41 Å². The number of hydrogen-bond donors (Lipinski definition) is 4. The topological polar surface area (TPSA) is 96.1 Å². The first-order valence-electron chi connectivity index (χ1n) is 2.24. The fourth-order valence-electron chi connectivity index (χ4n) is 0. The zero-order chi connectivity index (χ0) is 7.15. The van der Waals surface area contributed by atoms with Crippen molar-refractivity contribution in [1.82, 2.24) is 0 Å². The van der Waals surface area contributed by atoms with Crippen LogP contribution in [-0.2, 0) is 0 Å². The molecule has 0 saturated heterocycles. The van der Waals surface area contributed by atoms with Gasteiger partial charge in [0.25, 0.3) is 0 Å². The maximum atomic E-state index is 8.06. The summed E-state index contributed by atoms with van der Waals surface area (Å²) in [6.45, 7) is 3.44. The van der Waals surface area contributed by atoms with E-state index in [2.05, 4.69) is 11.5 Å². The van der Waals surface area contributed by atoms with E-state index in [1.807, 2.05) is 0 Å². The Morgan fingerprint density at radius 3 is 1.44 bits per heavy atom. The minimum absolute atomic E-state index is 0. The highest BCUT2D eigenvalue weighted by Gasteiger charge is 1.69. The number of aliphatic hydroxyl groups excluding tert-OH is 1. The Morgan fingerprint density at radius 1 is 1.44 bits per heavy atom. The van der Waals surface area contributed by atoms with Gasteiger partial charge < -0.3 is 16.6 Å². The van der Waals surface area contributed by atoms with E-state index < -0.39 is 0 Å². The molecule has 0 atom stereocenters. The normalized spacial score (nSPS) is 6.67. The first-order valence-corrected chi connectivity index (χ1v) is 2.24. The van der Waals surface area contributed by atoms with Crippen LogP contribution in [0.1, 0.15) is 13.8 Å². The molecule has 0 bridgehead atoms. The summed E-state index contributed by atoms with van der Waals surface area (Å²) in [4.78, 5) is 0. The summed E-state index contributed by atoms with van der Waals surface area (Å²) in [6, 6.07) is 0. The van der Waals surface area contributed by atoms with Crippen LogP contribution < -0.4 is 11.5 Å². The van der Waals surface area contributed by atoms with Crippen molar-refractivity contribution in [2.24, 2.45) is 11.5 Å². The van der Waals surface area contributed by atoms with Crippen LogP contribution in [0, 0.1) is 5.41 Å². The fraction of sp³-hybridized carbons (Fsp3) is 0.750. The highest BCUT2D eigenvalue weighted by Crippen LogP contribution is 1.65. The van der Waals surface area contributed by atoms with Gasteiger partial charge in [-0.25, -0.2) is 0 Å². The van der Waals surface area contributed by atoms with Crippen LogP contribution >= 0.6 is 12.4 Å².